The zero-order chi connectivity index (χ0) is 14.5. The van der Waals surface area contributed by atoms with Crippen LogP contribution in [0.4, 0.5) is 5.82 Å². The first-order chi connectivity index (χ1) is 10.3. The van der Waals surface area contributed by atoms with Crippen LogP contribution in [0.2, 0.25) is 0 Å². The molecule has 1 N–H and O–H groups in total. The largest absolute Gasteiger partial charge is 0.361 e. The first-order valence-electron chi connectivity index (χ1n) is 6.19. The number of hydrogen-bond donors (Lipinski definition) is 1. The Balaban J connectivity index is 1.69. The van der Waals surface area contributed by atoms with E-state index in [0.717, 1.165) is 5.56 Å². The lowest BCUT2D eigenvalue weighted by molar-refractivity contribution is 0.384. The molecule has 3 aromatic heterocycles. The summed E-state index contributed by atoms with van der Waals surface area (Å²) in [7, 11) is 0. The molecule has 0 amide bonds. The number of rotatable bonds is 4. The monoisotopic (exact) mass is 278 g/mol. The number of nitriles is 1. The van der Waals surface area contributed by atoms with Crippen LogP contribution < -0.4 is 5.32 Å². The van der Waals surface area contributed by atoms with Crippen molar-refractivity contribution in [3.63, 3.8) is 0 Å². The van der Waals surface area contributed by atoms with Gasteiger partial charge in [-0.15, -0.1) is 0 Å². The molecule has 3 heterocycles. The molecule has 0 fully saturated rings. The van der Waals surface area contributed by atoms with Crippen molar-refractivity contribution in [1.29, 1.82) is 5.26 Å². The maximum Gasteiger partial charge on any atom is 0.246 e. The standard InChI is InChI=1S/C14H10N6O/c15-8-11-2-1-3-12(18-11)17-9-13-19-14(20-21-13)10-4-6-16-7-5-10/h1-7H,9H2,(H,17,18). The number of pyridine rings is 2. The Bertz CT molecular complexity index is 777. The first-order valence-corrected chi connectivity index (χ1v) is 6.19. The Hall–Kier alpha value is -3.27. The molecular weight excluding hydrogens is 268 g/mol. The Morgan fingerprint density at radius 2 is 2.00 bits per heavy atom. The number of hydrogen-bond acceptors (Lipinski definition) is 7. The predicted octanol–water partition coefficient (Wildman–Crippen LogP) is 2.01. The third-order valence-corrected chi connectivity index (χ3v) is 2.69. The van der Waals surface area contributed by atoms with Gasteiger partial charge in [0.2, 0.25) is 11.7 Å². The fourth-order valence-corrected chi connectivity index (χ4v) is 1.71. The lowest BCUT2D eigenvalue weighted by Gasteiger charge is -2.01. The molecule has 7 nitrogen and oxygen atoms in total. The van der Waals surface area contributed by atoms with Gasteiger partial charge in [0.15, 0.2) is 0 Å². The second-order valence-corrected chi connectivity index (χ2v) is 4.12. The average Bonchev–Trinajstić information content (AvgIpc) is 3.03. The maximum absolute atomic E-state index is 8.79. The molecule has 0 saturated carbocycles. The second kappa shape index (κ2) is 5.79. The van der Waals surface area contributed by atoms with E-state index in [1.165, 1.54) is 0 Å². The molecule has 0 saturated heterocycles. The molecule has 0 atom stereocenters. The minimum atomic E-state index is 0.333. The van der Waals surface area contributed by atoms with Gasteiger partial charge in [0.05, 0.1) is 6.54 Å². The van der Waals surface area contributed by atoms with Crippen LogP contribution in [-0.2, 0) is 6.54 Å². The van der Waals surface area contributed by atoms with Crippen LogP contribution in [0.5, 0.6) is 0 Å². The van der Waals surface area contributed by atoms with E-state index in [4.69, 9.17) is 9.78 Å². The van der Waals surface area contributed by atoms with E-state index in [-0.39, 0.29) is 0 Å². The Labute approximate surface area is 120 Å². The van der Waals surface area contributed by atoms with Crippen molar-refractivity contribution < 1.29 is 4.52 Å². The first kappa shape index (κ1) is 12.7. The van der Waals surface area contributed by atoms with Gasteiger partial charge < -0.3 is 9.84 Å². The van der Waals surface area contributed by atoms with Crippen LogP contribution in [0.1, 0.15) is 11.6 Å². The van der Waals surface area contributed by atoms with E-state index < -0.39 is 0 Å². The average molecular weight is 278 g/mol. The van der Waals surface area contributed by atoms with E-state index in [0.29, 0.717) is 29.8 Å². The van der Waals surface area contributed by atoms with Gasteiger partial charge in [-0.2, -0.15) is 10.2 Å². The van der Waals surface area contributed by atoms with Crippen LogP contribution in [0.25, 0.3) is 11.4 Å². The molecule has 0 aliphatic carbocycles. The van der Waals surface area contributed by atoms with Crippen molar-refractivity contribution >= 4 is 5.82 Å². The lowest BCUT2D eigenvalue weighted by atomic mass is 10.2. The fraction of sp³-hybridized carbons (Fsp3) is 0.0714. The van der Waals surface area contributed by atoms with Gasteiger partial charge >= 0.3 is 0 Å². The second-order valence-electron chi connectivity index (χ2n) is 4.12. The van der Waals surface area contributed by atoms with Gasteiger partial charge in [0.1, 0.15) is 17.6 Å². The highest BCUT2D eigenvalue weighted by Crippen LogP contribution is 2.14. The highest BCUT2D eigenvalue weighted by Gasteiger charge is 2.08. The summed E-state index contributed by atoms with van der Waals surface area (Å²) < 4.78 is 5.16. The SMILES string of the molecule is N#Cc1cccc(NCc2nc(-c3ccncc3)no2)n1. The fourth-order valence-electron chi connectivity index (χ4n) is 1.71. The molecular formula is C14H10N6O. The van der Waals surface area contributed by atoms with Crippen LogP contribution in [0.3, 0.4) is 0 Å². The van der Waals surface area contributed by atoms with E-state index in [1.54, 1.807) is 42.7 Å². The Morgan fingerprint density at radius 3 is 2.81 bits per heavy atom. The molecule has 0 unspecified atom stereocenters. The summed E-state index contributed by atoms with van der Waals surface area (Å²) in [5.41, 5.74) is 1.19. The molecule has 0 aliphatic rings. The summed E-state index contributed by atoms with van der Waals surface area (Å²) in [5, 5.41) is 15.7. The smallest absolute Gasteiger partial charge is 0.246 e. The van der Waals surface area contributed by atoms with Crippen molar-refractivity contribution in [2.45, 2.75) is 6.54 Å². The molecule has 3 rings (SSSR count). The van der Waals surface area contributed by atoms with Gasteiger partial charge in [0.25, 0.3) is 0 Å². The molecule has 3 aromatic rings. The highest BCUT2D eigenvalue weighted by molar-refractivity contribution is 5.52. The summed E-state index contributed by atoms with van der Waals surface area (Å²) in [6.07, 6.45) is 3.34. The maximum atomic E-state index is 8.79. The summed E-state index contributed by atoms with van der Waals surface area (Å²) in [6, 6.07) is 10.8. The summed E-state index contributed by atoms with van der Waals surface area (Å²) >= 11 is 0. The topological polar surface area (TPSA) is 101 Å². The third kappa shape index (κ3) is 3.01. The number of nitrogens with zero attached hydrogens (tertiary/aromatic N) is 5. The molecule has 0 aliphatic heterocycles. The number of anilines is 1. The molecule has 7 heteroatoms. The van der Waals surface area contributed by atoms with Crippen molar-refractivity contribution in [2.24, 2.45) is 0 Å². The van der Waals surface area contributed by atoms with Crippen molar-refractivity contribution in [3.8, 4) is 17.5 Å². The quantitative estimate of drug-likeness (QED) is 0.778. The van der Waals surface area contributed by atoms with Crippen LogP contribution >= 0.6 is 0 Å². The summed E-state index contributed by atoms with van der Waals surface area (Å²) in [4.78, 5) is 12.3. The highest BCUT2D eigenvalue weighted by atomic mass is 16.5. The van der Waals surface area contributed by atoms with Crippen LogP contribution in [-0.4, -0.2) is 20.1 Å². The van der Waals surface area contributed by atoms with E-state index >= 15 is 0 Å². The van der Waals surface area contributed by atoms with Crippen LogP contribution in [0.15, 0.2) is 47.2 Å². The van der Waals surface area contributed by atoms with Gasteiger partial charge in [-0.05, 0) is 24.3 Å². The van der Waals surface area contributed by atoms with Crippen molar-refractivity contribution in [2.75, 3.05) is 5.32 Å². The zero-order valence-electron chi connectivity index (χ0n) is 10.9. The molecule has 0 radical (unpaired) electrons. The van der Waals surface area contributed by atoms with Crippen molar-refractivity contribution in [1.82, 2.24) is 20.1 Å². The lowest BCUT2D eigenvalue weighted by Crippen LogP contribution is -2.02. The van der Waals surface area contributed by atoms with Gasteiger partial charge in [-0.1, -0.05) is 11.2 Å². The number of nitrogens with one attached hydrogen (secondary N) is 1. The number of aromatic nitrogens is 4. The Morgan fingerprint density at radius 1 is 1.14 bits per heavy atom. The van der Waals surface area contributed by atoms with E-state index in [2.05, 4.69) is 25.4 Å². The van der Waals surface area contributed by atoms with Gasteiger partial charge in [-0.3, -0.25) is 4.98 Å². The molecule has 102 valence electrons. The molecule has 21 heavy (non-hydrogen) atoms. The Kier molecular flexibility index (Phi) is 3.52. The molecule has 0 bridgehead atoms. The minimum absolute atomic E-state index is 0.333. The molecule has 0 aromatic carbocycles. The van der Waals surface area contributed by atoms with Crippen molar-refractivity contribution in [3.05, 3.63) is 54.3 Å². The van der Waals surface area contributed by atoms with E-state index in [1.807, 2.05) is 6.07 Å². The minimum Gasteiger partial charge on any atom is -0.361 e. The summed E-state index contributed by atoms with van der Waals surface area (Å²) in [6.45, 7) is 0.333. The normalized spacial score (nSPS) is 10.0. The zero-order valence-corrected chi connectivity index (χ0v) is 10.9. The van der Waals surface area contributed by atoms with Gasteiger partial charge in [-0.25, -0.2) is 4.98 Å². The predicted molar refractivity (Wildman–Crippen MR) is 73.8 cm³/mol. The van der Waals surface area contributed by atoms with Crippen LogP contribution in [0, 0.1) is 11.3 Å². The third-order valence-electron chi connectivity index (χ3n) is 2.69. The van der Waals surface area contributed by atoms with Gasteiger partial charge in [0, 0.05) is 18.0 Å². The van der Waals surface area contributed by atoms with E-state index in [9.17, 15) is 0 Å². The molecule has 0 spiro atoms. The summed E-state index contributed by atoms with van der Waals surface area (Å²) in [5.74, 6) is 1.52.